The minimum Gasteiger partial charge on any atom is -0.372 e. The first kappa shape index (κ1) is 18.5. The van der Waals surface area contributed by atoms with Gasteiger partial charge in [0, 0.05) is 12.4 Å². The van der Waals surface area contributed by atoms with Gasteiger partial charge in [0.25, 0.3) is 5.56 Å². The molecule has 2 heterocycles. The highest BCUT2D eigenvalue weighted by atomic mass is 32.2. The van der Waals surface area contributed by atoms with Gasteiger partial charge in [-0.25, -0.2) is 9.67 Å². The van der Waals surface area contributed by atoms with Crippen LogP contribution < -0.4 is 5.56 Å². The largest absolute Gasteiger partial charge is 0.411 e. The Morgan fingerprint density at radius 3 is 2.73 bits per heavy atom. The van der Waals surface area contributed by atoms with Gasteiger partial charge in [0.05, 0.1) is 11.9 Å². The summed E-state index contributed by atoms with van der Waals surface area (Å²) in [4.78, 5) is 19.2. The van der Waals surface area contributed by atoms with Crippen molar-refractivity contribution >= 4 is 22.8 Å². The van der Waals surface area contributed by atoms with E-state index in [9.17, 15) is 18.0 Å². The van der Waals surface area contributed by atoms with Crippen molar-refractivity contribution in [2.24, 2.45) is 0 Å². The quantitative estimate of drug-likeness (QED) is 0.385. The van der Waals surface area contributed by atoms with Gasteiger partial charge in [-0.05, 0) is 18.6 Å². The number of thioether (sulfide) groups is 1. The molecule has 0 aliphatic rings. The van der Waals surface area contributed by atoms with Crippen LogP contribution in [0, 0.1) is 0 Å². The van der Waals surface area contributed by atoms with E-state index in [-0.39, 0.29) is 12.2 Å². The molecule has 0 aliphatic carbocycles. The number of para-hydroxylation sites is 1. The molecule has 10 heteroatoms. The second-order valence-electron chi connectivity index (χ2n) is 5.37. The molecule has 138 valence electrons. The molecule has 0 saturated carbocycles. The fourth-order valence-electron chi connectivity index (χ4n) is 2.24. The minimum absolute atomic E-state index is 0.0130. The Morgan fingerprint density at radius 2 is 2.00 bits per heavy atom. The average Bonchev–Trinajstić information content (AvgIpc) is 3.02. The van der Waals surface area contributed by atoms with E-state index in [4.69, 9.17) is 0 Å². The van der Waals surface area contributed by atoms with Crippen molar-refractivity contribution in [1.29, 1.82) is 0 Å². The Labute approximate surface area is 150 Å². The molecule has 0 saturated heterocycles. The lowest BCUT2D eigenvalue weighted by molar-refractivity contribution is -0.173. The van der Waals surface area contributed by atoms with Gasteiger partial charge in [-0.3, -0.25) is 4.79 Å². The van der Waals surface area contributed by atoms with Gasteiger partial charge in [-0.15, -0.1) is 0 Å². The number of aromatic nitrogens is 4. The van der Waals surface area contributed by atoms with Crippen LogP contribution in [-0.2, 0) is 4.74 Å². The van der Waals surface area contributed by atoms with Gasteiger partial charge < -0.3 is 9.72 Å². The number of ether oxygens (including phenoxy) is 1. The van der Waals surface area contributed by atoms with E-state index >= 15 is 0 Å². The van der Waals surface area contributed by atoms with E-state index in [1.807, 2.05) is 30.3 Å². The van der Waals surface area contributed by atoms with Crippen LogP contribution in [0.2, 0.25) is 0 Å². The molecule has 1 N–H and O–H groups in total. The van der Waals surface area contributed by atoms with Crippen LogP contribution in [0.1, 0.15) is 6.42 Å². The molecule has 3 aromatic rings. The average molecular weight is 384 g/mol. The molecule has 6 nitrogen and oxygen atoms in total. The molecule has 2 aromatic heterocycles. The third-order valence-corrected chi connectivity index (χ3v) is 4.31. The summed E-state index contributed by atoms with van der Waals surface area (Å²) in [5, 5.41) is 4.96. The first-order chi connectivity index (χ1) is 12.4. The predicted octanol–water partition coefficient (Wildman–Crippen LogP) is 3.17. The Morgan fingerprint density at radius 1 is 1.23 bits per heavy atom. The lowest BCUT2D eigenvalue weighted by Crippen LogP contribution is -2.17. The van der Waals surface area contributed by atoms with E-state index in [1.165, 1.54) is 18.0 Å². The molecular weight excluding hydrogens is 369 g/mol. The highest BCUT2D eigenvalue weighted by Crippen LogP contribution is 2.19. The summed E-state index contributed by atoms with van der Waals surface area (Å²) in [6.45, 7) is -1.27. The lowest BCUT2D eigenvalue weighted by atomic mass is 10.3. The van der Waals surface area contributed by atoms with Crippen LogP contribution >= 0.6 is 11.8 Å². The summed E-state index contributed by atoms with van der Waals surface area (Å²) < 4.78 is 42.1. The molecule has 0 amide bonds. The standard InChI is InChI=1S/C16H15F3N4O2S/c17-16(18,19)10-25-7-4-8-26-15-21-13-12(14(24)22-15)9-20-23(13)11-5-2-1-3-6-11/h1-3,5-6,9H,4,7-8,10H2,(H,21,22,24). The normalized spacial score (nSPS) is 12.0. The van der Waals surface area contributed by atoms with E-state index in [0.717, 1.165) is 5.69 Å². The van der Waals surface area contributed by atoms with Gasteiger partial charge >= 0.3 is 6.18 Å². The molecule has 1 aromatic carbocycles. The lowest BCUT2D eigenvalue weighted by Gasteiger charge is -2.07. The van der Waals surface area contributed by atoms with Gasteiger partial charge in [0.15, 0.2) is 10.8 Å². The summed E-state index contributed by atoms with van der Waals surface area (Å²) >= 11 is 1.25. The van der Waals surface area contributed by atoms with Crippen molar-refractivity contribution in [3.05, 3.63) is 46.9 Å². The molecule has 0 spiro atoms. The summed E-state index contributed by atoms with van der Waals surface area (Å²) in [6.07, 6.45) is -2.46. The van der Waals surface area contributed by atoms with E-state index in [0.29, 0.717) is 28.4 Å². The zero-order valence-corrected chi connectivity index (χ0v) is 14.3. The number of hydrogen-bond donors (Lipinski definition) is 1. The van der Waals surface area contributed by atoms with E-state index in [2.05, 4.69) is 19.8 Å². The van der Waals surface area contributed by atoms with Crippen LogP contribution in [0.3, 0.4) is 0 Å². The number of nitrogens with zero attached hydrogens (tertiary/aromatic N) is 3. The highest BCUT2D eigenvalue weighted by Gasteiger charge is 2.27. The maximum Gasteiger partial charge on any atom is 0.411 e. The fraction of sp³-hybridized carbons (Fsp3) is 0.312. The fourth-order valence-corrected chi connectivity index (χ4v) is 3.01. The number of halogens is 3. The zero-order valence-electron chi connectivity index (χ0n) is 13.5. The maximum atomic E-state index is 12.2. The maximum absolute atomic E-state index is 12.2. The van der Waals surface area contributed by atoms with Crippen LogP contribution in [0.15, 0.2) is 46.5 Å². The third kappa shape index (κ3) is 4.64. The van der Waals surface area contributed by atoms with Gasteiger partial charge in [0.1, 0.15) is 12.0 Å². The Hall–Kier alpha value is -2.33. The molecule has 0 atom stereocenters. The van der Waals surface area contributed by atoms with Crippen LogP contribution in [-0.4, -0.2) is 44.9 Å². The number of rotatable bonds is 7. The second kappa shape index (κ2) is 7.92. The van der Waals surface area contributed by atoms with Gasteiger partial charge in [0.2, 0.25) is 0 Å². The Bertz CT molecular complexity index is 925. The monoisotopic (exact) mass is 384 g/mol. The van der Waals surface area contributed by atoms with Crippen molar-refractivity contribution in [3.8, 4) is 5.69 Å². The number of aromatic amines is 1. The summed E-state index contributed by atoms with van der Waals surface area (Å²) in [5.74, 6) is 0.464. The van der Waals surface area contributed by atoms with E-state index < -0.39 is 12.8 Å². The first-order valence-electron chi connectivity index (χ1n) is 7.75. The third-order valence-electron chi connectivity index (χ3n) is 3.35. The molecule has 3 rings (SSSR count). The molecule has 0 aliphatic heterocycles. The number of hydrogen-bond acceptors (Lipinski definition) is 5. The van der Waals surface area contributed by atoms with Crippen molar-refractivity contribution in [2.45, 2.75) is 17.8 Å². The highest BCUT2D eigenvalue weighted by molar-refractivity contribution is 7.99. The molecule has 26 heavy (non-hydrogen) atoms. The Kier molecular flexibility index (Phi) is 5.62. The molecular formula is C16H15F3N4O2S. The molecule has 0 bridgehead atoms. The molecule has 0 radical (unpaired) electrons. The van der Waals surface area contributed by atoms with Crippen molar-refractivity contribution < 1.29 is 17.9 Å². The predicted molar refractivity (Wildman–Crippen MR) is 91.7 cm³/mol. The smallest absolute Gasteiger partial charge is 0.372 e. The summed E-state index contributed by atoms with van der Waals surface area (Å²) in [6, 6.07) is 9.27. The second-order valence-corrected chi connectivity index (χ2v) is 6.45. The van der Waals surface area contributed by atoms with Crippen molar-refractivity contribution in [1.82, 2.24) is 19.7 Å². The minimum atomic E-state index is -4.32. The van der Waals surface area contributed by atoms with Crippen LogP contribution in [0.25, 0.3) is 16.7 Å². The number of fused-ring (bicyclic) bond motifs is 1. The number of benzene rings is 1. The van der Waals surface area contributed by atoms with Crippen molar-refractivity contribution in [2.75, 3.05) is 19.0 Å². The number of nitrogens with one attached hydrogen (secondary N) is 1. The Balaban J connectivity index is 1.67. The first-order valence-corrected chi connectivity index (χ1v) is 8.73. The van der Waals surface area contributed by atoms with Gasteiger partial charge in [-0.2, -0.15) is 18.3 Å². The van der Waals surface area contributed by atoms with Crippen LogP contribution in [0.4, 0.5) is 13.2 Å². The summed E-state index contributed by atoms with van der Waals surface area (Å²) in [7, 11) is 0. The number of alkyl halides is 3. The van der Waals surface area contributed by atoms with Gasteiger partial charge in [-0.1, -0.05) is 30.0 Å². The molecule has 0 fully saturated rings. The zero-order chi connectivity index (χ0) is 18.6. The van der Waals surface area contributed by atoms with Crippen molar-refractivity contribution in [3.63, 3.8) is 0 Å². The number of H-pyrrole nitrogens is 1. The van der Waals surface area contributed by atoms with Crippen LogP contribution in [0.5, 0.6) is 0 Å². The van der Waals surface area contributed by atoms with E-state index in [1.54, 1.807) is 4.68 Å². The SMILES string of the molecule is O=c1[nH]c(SCCCOCC(F)(F)F)nc2c1cnn2-c1ccccc1. The topological polar surface area (TPSA) is 72.8 Å². The molecule has 0 unspecified atom stereocenters. The summed E-state index contributed by atoms with van der Waals surface area (Å²) in [5.41, 5.74) is 0.890.